The molecule has 1 N–H and O–H groups in total. The van der Waals surface area contributed by atoms with E-state index in [-0.39, 0.29) is 17.9 Å². The Bertz CT molecular complexity index is 300. The fourth-order valence-electron chi connectivity index (χ4n) is 3.45. The Morgan fingerprint density at radius 2 is 1.68 bits per heavy atom. The van der Waals surface area contributed by atoms with Crippen LogP contribution in [-0.2, 0) is 4.79 Å². The predicted molar refractivity (Wildman–Crippen MR) is 78.9 cm³/mol. The van der Waals surface area contributed by atoms with Gasteiger partial charge in [-0.1, -0.05) is 13.8 Å². The fourth-order valence-corrected chi connectivity index (χ4v) is 3.45. The molecule has 3 heteroatoms. The van der Waals surface area contributed by atoms with E-state index in [1.54, 1.807) is 0 Å². The van der Waals surface area contributed by atoms with E-state index >= 15 is 0 Å². The third kappa shape index (κ3) is 3.71. The van der Waals surface area contributed by atoms with Crippen molar-refractivity contribution in [3.05, 3.63) is 0 Å². The molecule has 1 amide bonds. The first kappa shape index (κ1) is 14.8. The first-order chi connectivity index (χ1) is 8.97. The van der Waals surface area contributed by atoms with Crippen molar-refractivity contribution in [2.45, 2.75) is 65.5 Å². The van der Waals surface area contributed by atoms with Gasteiger partial charge in [-0.2, -0.15) is 0 Å². The normalized spacial score (nSPS) is 29.6. The summed E-state index contributed by atoms with van der Waals surface area (Å²) in [6, 6.07) is 0.948. The van der Waals surface area contributed by atoms with Gasteiger partial charge in [-0.25, -0.2) is 0 Å². The molecule has 110 valence electrons. The first-order valence-corrected chi connectivity index (χ1v) is 8.01. The molecular formula is C16H30N2O. The zero-order valence-corrected chi connectivity index (χ0v) is 13.0. The Morgan fingerprint density at radius 3 is 2.16 bits per heavy atom. The third-order valence-corrected chi connectivity index (χ3v) is 4.95. The average Bonchev–Trinajstić information content (AvgIpc) is 2.26. The molecule has 0 radical (unpaired) electrons. The second kappa shape index (κ2) is 6.25. The highest BCUT2D eigenvalue weighted by Gasteiger charge is 2.39. The maximum absolute atomic E-state index is 11.9. The van der Waals surface area contributed by atoms with E-state index in [1.807, 2.05) is 13.8 Å². The molecule has 2 aliphatic rings. The van der Waals surface area contributed by atoms with Crippen molar-refractivity contribution >= 4 is 5.91 Å². The average molecular weight is 266 g/mol. The lowest BCUT2D eigenvalue weighted by Crippen LogP contribution is -2.52. The van der Waals surface area contributed by atoms with E-state index in [9.17, 15) is 4.79 Å². The van der Waals surface area contributed by atoms with Crippen LogP contribution in [0.3, 0.4) is 0 Å². The van der Waals surface area contributed by atoms with Crippen LogP contribution < -0.4 is 5.32 Å². The lowest BCUT2D eigenvalue weighted by atomic mass is 9.77. The molecule has 1 saturated carbocycles. The molecule has 3 nitrogen and oxygen atoms in total. The van der Waals surface area contributed by atoms with Crippen molar-refractivity contribution in [3.8, 4) is 0 Å². The van der Waals surface area contributed by atoms with E-state index in [0.717, 1.165) is 24.7 Å². The molecule has 0 aromatic heterocycles. The Morgan fingerprint density at radius 1 is 1.11 bits per heavy atom. The summed E-state index contributed by atoms with van der Waals surface area (Å²) in [5.41, 5.74) is 0. The van der Waals surface area contributed by atoms with Gasteiger partial charge in [-0.3, -0.25) is 4.79 Å². The molecule has 1 saturated heterocycles. The maximum Gasteiger partial charge on any atom is 0.223 e. The smallest absolute Gasteiger partial charge is 0.223 e. The predicted octanol–water partition coefficient (Wildman–Crippen LogP) is 2.66. The number of hydrogen-bond donors (Lipinski definition) is 1. The minimum Gasteiger partial charge on any atom is -0.354 e. The molecule has 2 rings (SSSR count). The molecule has 0 bridgehead atoms. The van der Waals surface area contributed by atoms with E-state index in [4.69, 9.17) is 0 Å². The van der Waals surface area contributed by atoms with Crippen molar-refractivity contribution in [3.63, 3.8) is 0 Å². The van der Waals surface area contributed by atoms with Crippen LogP contribution in [0.25, 0.3) is 0 Å². The standard InChI is InChI=1S/C16H30N2O/c1-11(2)13-5-7-18(8-6-13)15-9-14(10-15)16(19)17-12(3)4/h11-15H,5-10H2,1-4H3,(H,17,19). The zero-order chi connectivity index (χ0) is 14.0. The highest BCUT2D eigenvalue weighted by Crippen LogP contribution is 2.35. The summed E-state index contributed by atoms with van der Waals surface area (Å²) in [5, 5.41) is 3.03. The summed E-state index contributed by atoms with van der Waals surface area (Å²) in [6.07, 6.45) is 4.84. The van der Waals surface area contributed by atoms with Crippen LogP contribution >= 0.6 is 0 Å². The molecule has 0 unspecified atom stereocenters. The summed E-state index contributed by atoms with van der Waals surface area (Å²) in [5.74, 6) is 2.28. The molecule has 0 spiro atoms. The van der Waals surface area contributed by atoms with Gasteiger partial charge in [0.2, 0.25) is 5.91 Å². The van der Waals surface area contributed by atoms with Gasteiger partial charge in [-0.05, 0) is 64.5 Å². The van der Waals surface area contributed by atoms with Crippen molar-refractivity contribution in [2.24, 2.45) is 17.8 Å². The van der Waals surface area contributed by atoms with Gasteiger partial charge < -0.3 is 10.2 Å². The van der Waals surface area contributed by atoms with E-state index < -0.39 is 0 Å². The second-order valence-electron chi connectivity index (χ2n) is 7.10. The molecule has 0 atom stereocenters. The van der Waals surface area contributed by atoms with E-state index in [0.29, 0.717) is 6.04 Å². The number of piperidine rings is 1. The number of rotatable bonds is 4. The SMILES string of the molecule is CC(C)NC(=O)C1CC(N2CCC(C(C)C)CC2)C1. The van der Waals surface area contributed by atoms with Crippen LogP contribution in [-0.4, -0.2) is 36.0 Å². The number of nitrogens with zero attached hydrogens (tertiary/aromatic N) is 1. The molecule has 1 aliphatic heterocycles. The van der Waals surface area contributed by atoms with Crippen molar-refractivity contribution in [2.75, 3.05) is 13.1 Å². The molecule has 1 heterocycles. The summed E-state index contributed by atoms with van der Waals surface area (Å²) in [4.78, 5) is 14.5. The highest BCUT2D eigenvalue weighted by atomic mass is 16.2. The van der Waals surface area contributed by atoms with Gasteiger partial charge in [0.25, 0.3) is 0 Å². The van der Waals surface area contributed by atoms with E-state index in [1.165, 1.54) is 25.9 Å². The molecule has 0 aromatic carbocycles. The first-order valence-electron chi connectivity index (χ1n) is 8.01. The molecule has 0 aromatic rings. The van der Waals surface area contributed by atoms with Crippen LogP contribution in [0.4, 0.5) is 0 Å². The van der Waals surface area contributed by atoms with Gasteiger partial charge in [0.1, 0.15) is 0 Å². The summed E-state index contributed by atoms with van der Waals surface area (Å²) >= 11 is 0. The third-order valence-electron chi connectivity index (χ3n) is 4.95. The zero-order valence-electron chi connectivity index (χ0n) is 13.0. The minimum absolute atomic E-state index is 0.267. The summed E-state index contributed by atoms with van der Waals surface area (Å²) in [7, 11) is 0. The molecule has 1 aliphatic carbocycles. The van der Waals surface area contributed by atoms with Gasteiger partial charge in [0.15, 0.2) is 0 Å². The highest BCUT2D eigenvalue weighted by molar-refractivity contribution is 5.79. The lowest BCUT2D eigenvalue weighted by Gasteiger charge is -2.45. The number of carbonyl (C=O) groups excluding carboxylic acids is 1. The number of likely N-dealkylation sites (tertiary alicyclic amines) is 1. The van der Waals surface area contributed by atoms with Crippen LogP contribution in [0.15, 0.2) is 0 Å². The fraction of sp³-hybridized carbons (Fsp3) is 0.938. The Balaban J connectivity index is 1.69. The van der Waals surface area contributed by atoms with Gasteiger partial charge in [0.05, 0.1) is 0 Å². The topological polar surface area (TPSA) is 32.3 Å². The van der Waals surface area contributed by atoms with Crippen molar-refractivity contribution < 1.29 is 4.79 Å². The quantitative estimate of drug-likeness (QED) is 0.848. The lowest BCUT2D eigenvalue weighted by molar-refractivity contribution is -0.130. The van der Waals surface area contributed by atoms with Crippen molar-refractivity contribution in [1.82, 2.24) is 10.2 Å². The number of amides is 1. The van der Waals surface area contributed by atoms with Crippen LogP contribution in [0.2, 0.25) is 0 Å². The van der Waals surface area contributed by atoms with Gasteiger partial charge >= 0.3 is 0 Å². The van der Waals surface area contributed by atoms with Crippen LogP contribution in [0.1, 0.15) is 53.4 Å². The number of nitrogens with one attached hydrogen (secondary N) is 1. The Kier molecular flexibility index (Phi) is 4.88. The van der Waals surface area contributed by atoms with Crippen LogP contribution in [0, 0.1) is 17.8 Å². The van der Waals surface area contributed by atoms with Crippen LogP contribution in [0.5, 0.6) is 0 Å². The maximum atomic E-state index is 11.9. The van der Waals surface area contributed by atoms with Gasteiger partial charge in [-0.15, -0.1) is 0 Å². The Hall–Kier alpha value is -0.570. The number of carbonyl (C=O) groups is 1. The molecular weight excluding hydrogens is 236 g/mol. The largest absolute Gasteiger partial charge is 0.354 e. The minimum atomic E-state index is 0.267. The summed E-state index contributed by atoms with van der Waals surface area (Å²) in [6.45, 7) is 11.2. The monoisotopic (exact) mass is 266 g/mol. The summed E-state index contributed by atoms with van der Waals surface area (Å²) < 4.78 is 0. The molecule has 19 heavy (non-hydrogen) atoms. The van der Waals surface area contributed by atoms with E-state index in [2.05, 4.69) is 24.1 Å². The molecule has 2 fully saturated rings. The van der Waals surface area contributed by atoms with Crippen molar-refractivity contribution in [1.29, 1.82) is 0 Å². The number of hydrogen-bond acceptors (Lipinski definition) is 2. The Labute approximate surface area is 118 Å². The second-order valence-corrected chi connectivity index (χ2v) is 7.10. The van der Waals surface area contributed by atoms with Gasteiger partial charge in [0, 0.05) is 18.0 Å².